The Morgan fingerprint density at radius 1 is 1.57 bits per heavy atom. The number of hydrogen-bond donors (Lipinski definition) is 2. The van der Waals surface area contributed by atoms with Crippen LogP contribution in [0.15, 0.2) is 0 Å². The zero-order valence-corrected chi connectivity index (χ0v) is 9.12. The van der Waals surface area contributed by atoms with Crippen LogP contribution < -0.4 is 11.3 Å². The van der Waals surface area contributed by atoms with E-state index in [1.165, 1.54) is 19.3 Å². The SMILES string of the molecule is CCC1CCN(C(C)C(=O)NN)CC1. The normalized spacial score (nSPS) is 21.9. The number of amides is 1. The minimum atomic E-state index is -0.0854. The van der Waals surface area contributed by atoms with Gasteiger partial charge in [-0.05, 0) is 38.8 Å². The van der Waals surface area contributed by atoms with Gasteiger partial charge in [0.1, 0.15) is 0 Å². The molecule has 1 rings (SSSR count). The highest BCUT2D eigenvalue weighted by Crippen LogP contribution is 2.21. The summed E-state index contributed by atoms with van der Waals surface area (Å²) in [6, 6.07) is -0.0854. The van der Waals surface area contributed by atoms with Crippen molar-refractivity contribution in [2.75, 3.05) is 13.1 Å². The van der Waals surface area contributed by atoms with E-state index >= 15 is 0 Å². The third-order valence-corrected chi connectivity index (χ3v) is 3.30. The molecule has 1 unspecified atom stereocenters. The van der Waals surface area contributed by atoms with E-state index in [1.54, 1.807) is 0 Å². The van der Waals surface area contributed by atoms with Crippen LogP contribution in [0.25, 0.3) is 0 Å². The Hall–Kier alpha value is -0.610. The van der Waals surface area contributed by atoms with Crippen molar-refractivity contribution in [3.05, 3.63) is 0 Å². The van der Waals surface area contributed by atoms with E-state index in [9.17, 15) is 4.79 Å². The van der Waals surface area contributed by atoms with E-state index < -0.39 is 0 Å². The Morgan fingerprint density at radius 3 is 2.57 bits per heavy atom. The van der Waals surface area contributed by atoms with Gasteiger partial charge >= 0.3 is 0 Å². The van der Waals surface area contributed by atoms with E-state index in [1.807, 2.05) is 6.92 Å². The van der Waals surface area contributed by atoms with Crippen LogP contribution in [0.2, 0.25) is 0 Å². The van der Waals surface area contributed by atoms with Crippen molar-refractivity contribution >= 4 is 5.91 Å². The fraction of sp³-hybridized carbons (Fsp3) is 0.900. The molecule has 1 fully saturated rings. The molecular weight excluding hydrogens is 178 g/mol. The highest BCUT2D eigenvalue weighted by molar-refractivity contribution is 5.80. The van der Waals surface area contributed by atoms with E-state index in [0.29, 0.717) is 0 Å². The van der Waals surface area contributed by atoms with Gasteiger partial charge in [0.05, 0.1) is 6.04 Å². The Balaban J connectivity index is 2.37. The zero-order chi connectivity index (χ0) is 10.6. The molecule has 1 saturated heterocycles. The average molecular weight is 199 g/mol. The molecule has 0 radical (unpaired) electrons. The number of nitrogens with two attached hydrogens (primary N) is 1. The molecule has 4 heteroatoms. The number of nitrogens with zero attached hydrogens (tertiary/aromatic N) is 1. The molecule has 1 heterocycles. The topological polar surface area (TPSA) is 58.4 Å². The third kappa shape index (κ3) is 2.69. The number of piperidine rings is 1. The lowest BCUT2D eigenvalue weighted by molar-refractivity contribution is -0.126. The molecule has 0 aromatic carbocycles. The van der Waals surface area contributed by atoms with E-state index in [2.05, 4.69) is 17.2 Å². The number of likely N-dealkylation sites (tertiary alicyclic amines) is 1. The lowest BCUT2D eigenvalue weighted by atomic mass is 9.93. The maximum absolute atomic E-state index is 11.3. The Kier molecular flexibility index (Phi) is 4.35. The largest absolute Gasteiger partial charge is 0.293 e. The van der Waals surface area contributed by atoms with Crippen molar-refractivity contribution in [2.24, 2.45) is 11.8 Å². The van der Waals surface area contributed by atoms with Crippen LogP contribution in [0.5, 0.6) is 0 Å². The summed E-state index contributed by atoms with van der Waals surface area (Å²) in [6.07, 6.45) is 3.67. The van der Waals surface area contributed by atoms with Gasteiger partial charge in [0.15, 0.2) is 0 Å². The third-order valence-electron chi connectivity index (χ3n) is 3.30. The van der Waals surface area contributed by atoms with Crippen LogP contribution in [0.1, 0.15) is 33.1 Å². The first-order valence-corrected chi connectivity index (χ1v) is 5.43. The fourth-order valence-corrected chi connectivity index (χ4v) is 2.03. The molecule has 0 aromatic heterocycles. The van der Waals surface area contributed by atoms with Gasteiger partial charge in [-0.25, -0.2) is 5.84 Å². The molecular formula is C10H21N3O. The minimum absolute atomic E-state index is 0.0834. The second-order valence-electron chi connectivity index (χ2n) is 4.07. The zero-order valence-electron chi connectivity index (χ0n) is 9.12. The monoisotopic (exact) mass is 199 g/mol. The molecule has 3 N–H and O–H groups in total. The van der Waals surface area contributed by atoms with Crippen LogP contribution in [0, 0.1) is 5.92 Å². The molecule has 1 amide bonds. The lowest BCUT2D eigenvalue weighted by Crippen LogP contribution is -2.49. The van der Waals surface area contributed by atoms with Crippen molar-refractivity contribution in [3.8, 4) is 0 Å². The van der Waals surface area contributed by atoms with E-state index in [-0.39, 0.29) is 11.9 Å². The predicted molar refractivity (Wildman–Crippen MR) is 56.4 cm³/mol. The van der Waals surface area contributed by atoms with Crippen molar-refractivity contribution in [2.45, 2.75) is 39.2 Å². The summed E-state index contributed by atoms with van der Waals surface area (Å²) >= 11 is 0. The van der Waals surface area contributed by atoms with Gasteiger partial charge < -0.3 is 0 Å². The maximum Gasteiger partial charge on any atom is 0.250 e. The number of hydrazine groups is 1. The first kappa shape index (κ1) is 11.5. The maximum atomic E-state index is 11.3. The average Bonchev–Trinajstić information content (AvgIpc) is 2.27. The second-order valence-corrected chi connectivity index (χ2v) is 4.07. The minimum Gasteiger partial charge on any atom is -0.293 e. The van der Waals surface area contributed by atoms with Gasteiger partial charge in [-0.3, -0.25) is 15.1 Å². The number of carbonyl (C=O) groups excluding carboxylic acids is 1. The molecule has 14 heavy (non-hydrogen) atoms. The van der Waals surface area contributed by atoms with Crippen molar-refractivity contribution in [1.29, 1.82) is 0 Å². The first-order valence-electron chi connectivity index (χ1n) is 5.43. The summed E-state index contributed by atoms with van der Waals surface area (Å²) in [5, 5.41) is 0. The van der Waals surface area contributed by atoms with Crippen LogP contribution in [0.4, 0.5) is 0 Å². The van der Waals surface area contributed by atoms with Crippen LogP contribution in [0.3, 0.4) is 0 Å². The first-order chi connectivity index (χ1) is 6.69. The van der Waals surface area contributed by atoms with E-state index in [0.717, 1.165) is 19.0 Å². The molecule has 0 aromatic rings. The summed E-state index contributed by atoms with van der Waals surface area (Å²) in [6.45, 7) is 6.19. The molecule has 1 aliphatic rings. The highest BCUT2D eigenvalue weighted by Gasteiger charge is 2.25. The molecule has 82 valence electrons. The molecule has 1 aliphatic heterocycles. The predicted octanol–water partition coefficient (Wildman–Crippen LogP) is 0.487. The van der Waals surface area contributed by atoms with Crippen molar-refractivity contribution in [3.63, 3.8) is 0 Å². The van der Waals surface area contributed by atoms with Gasteiger partial charge in [-0.2, -0.15) is 0 Å². The Bertz CT molecular complexity index is 188. The summed E-state index contributed by atoms with van der Waals surface area (Å²) in [4.78, 5) is 13.5. The Morgan fingerprint density at radius 2 is 2.14 bits per heavy atom. The summed E-state index contributed by atoms with van der Waals surface area (Å²) in [5.74, 6) is 5.87. The van der Waals surface area contributed by atoms with Crippen molar-refractivity contribution in [1.82, 2.24) is 10.3 Å². The van der Waals surface area contributed by atoms with Crippen molar-refractivity contribution < 1.29 is 4.79 Å². The lowest BCUT2D eigenvalue weighted by Gasteiger charge is -2.34. The van der Waals surface area contributed by atoms with Gasteiger partial charge in [-0.1, -0.05) is 13.3 Å². The molecule has 1 atom stereocenters. The van der Waals surface area contributed by atoms with Crippen LogP contribution >= 0.6 is 0 Å². The quantitative estimate of drug-likeness (QED) is 0.395. The molecule has 0 saturated carbocycles. The van der Waals surface area contributed by atoms with Crippen LogP contribution in [-0.2, 0) is 4.79 Å². The second kappa shape index (κ2) is 5.32. The summed E-state index contributed by atoms with van der Waals surface area (Å²) in [5.41, 5.74) is 2.21. The van der Waals surface area contributed by atoms with Crippen LogP contribution in [-0.4, -0.2) is 29.9 Å². The standard InChI is InChI=1S/C10H21N3O/c1-3-9-4-6-13(7-5-9)8(2)10(14)12-11/h8-9H,3-7,11H2,1-2H3,(H,12,14). The number of rotatable bonds is 3. The number of hydrogen-bond acceptors (Lipinski definition) is 3. The number of nitrogens with one attached hydrogen (secondary N) is 1. The smallest absolute Gasteiger partial charge is 0.250 e. The van der Waals surface area contributed by atoms with Gasteiger partial charge in [-0.15, -0.1) is 0 Å². The van der Waals surface area contributed by atoms with Gasteiger partial charge in [0.25, 0.3) is 5.91 Å². The summed E-state index contributed by atoms with van der Waals surface area (Å²) < 4.78 is 0. The van der Waals surface area contributed by atoms with Gasteiger partial charge in [0.2, 0.25) is 0 Å². The van der Waals surface area contributed by atoms with Gasteiger partial charge in [0, 0.05) is 0 Å². The fourth-order valence-electron chi connectivity index (χ4n) is 2.03. The number of carbonyl (C=O) groups is 1. The molecule has 0 spiro atoms. The highest BCUT2D eigenvalue weighted by atomic mass is 16.2. The van der Waals surface area contributed by atoms with E-state index in [4.69, 9.17) is 5.84 Å². The Labute approximate surface area is 85.8 Å². The molecule has 0 bridgehead atoms. The molecule has 4 nitrogen and oxygen atoms in total. The summed E-state index contributed by atoms with van der Waals surface area (Å²) in [7, 11) is 0. The molecule has 0 aliphatic carbocycles.